The average molecular weight is 386 g/mol. The molecule has 28 heavy (non-hydrogen) atoms. The van der Waals surface area contributed by atoms with Crippen molar-refractivity contribution < 1.29 is 19.2 Å². The number of imide groups is 1. The number of amides is 5. The molecule has 0 saturated carbocycles. The fraction of sp³-hybridized carbons (Fsp3) is 0.500. The zero-order valence-corrected chi connectivity index (χ0v) is 16.1. The molecule has 1 N–H and O–H groups in total. The fourth-order valence-electron chi connectivity index (χ4n) is 3.57. The monoisotopic (exact) mass is 386 g/mol. The summed E-state index contributed by atoms with van der Waals surface area (Å²) in [4.78, 5) is 52.5. The first-order chi connectivity index (χ1) is 13.5. The number of hydrogen-bond acceptors (Lipinski definition) is 4. The van der Waals surface area contributed by atoms with Crippen molar-refractivity contribution in [1.29, 1.82) is 0 Å². The third-order valence-electron chi connectivity index (χ3n) is 5.22. The van der Waals surface area contributed by atoms with Crippen molar-refractivity contribution in [2.24, 2.45) is 0 Å². The Labute approximate surface area is 164 Å². The lowest BCUT2D eigenvalue weighted by Gasteiger charge is -2.32. The molecule has 0 spiro atoms. The van der Waals surface area contributed by atoms with Gasteiger partial charge >= 0.3 is 6.03 Å². The molecule has 1 aromatic carbocycles. The second kappa shape index (κ2) is 8.86. The molecule has 2 aliphatic heterocycles. The van der Waals surface area contributed by atoms with Gasteiger partial charge in [0.15, 0.2) is 0 Å². The standard InChI is InChI=1S/C20H26N4O4/c1-22-14-18(26)24(20(22)28)11-5-8-17(25)23-12-9-16(10-13-23)21-19(27)15-6-3-2-4-7-15/h2-4,6-7,16H,5,8-14H2,1H3,(H,21,27). The van der Waals surface area contributed by atoms with Gasteiger partial charge in [-0.05, 0) is 31.4 Å². The highest BCUT2D eigenvalue weighted by Crippen LogP contribution is 2.14. The Morgan fingerprint density at radius 3 is 2.39 bits per heavy atom. The summed E-state index contributed by atoms with van der Waals surface area (Å²) in [7, 11) is 1.59. The number of likely N-dealkylation sites (tertiary alicyclic amines) is 1. The van der Waals surface area contributed by atoms with Crippen LogP contribution < -0.4 is 5.32 Å². The van der Waals surface area contributed by atoms with Crippen molar-refractivity contribution in [1.82, 2.24) is 20.0 Å². The highest BCUT2D eigenvalue weighted by Gasteiger charge is 2.33. The molecule has 2 fully saturated rings. The van der Waals surface area contributed by atoms with Crippen LogP contribution in [0.3, 0.4) is 0 Å². The summed E-state index contributed by atoms with van der Waals surface area (Å²) in [5.74, 6) is -0.273. The van der Waals surface area contributed by atoms with Crippen LogP contribution in [0.2, 0.25) is 0 Å². The molecule has 8 heteroatoms. The van der Waals surface area contributed by atoms with Crippen LogP contribution in [0.15, 0.2) is 30.3 Å². The minimum Gasteiger partial charge on any atom is -0.349 e. The molecule has 8 nitrogen and oxygen atoms in total. The summed E-state index contributed by atoms with van der Waals surface area (Å²) >= 11 is 0. The number of urea groups is 1. The SMILES string of the molecule is CN1CC(=O)N(CCCC(=O)N2CCC(NC(=O)c3ccccc3)CC2)C1=O. The van der Waals surface area contributed by atoms with Crippen LogP contribution in [0.5, 0.6) is 0 Å². The van der Waals surface area contributed by atoms with Gasteiger partial charge in [-0.1, -0.05) is 18.2 Å². The maximum absolute atomic E-state index is 12.4. The van der Waals surface area contributed by atoms with Crippen LogP contribution in [-0.2, 0) is 9.59 Å². The van der Waals surface area contributed by atoms with Crippen LogP contribution in [0.25, 0.3) is 0 Å². The fourth-order valence-corrected chi connectivity index (χ4v) is 3.57. The topological polar surface area (TPSA) is 90.0 Å². The zero-order chi connectivity index (χ0) is 20.1. The molecule has 2 saturated heterocycles. The Morgan fingerprint density at radius 1 is 1.11 bits per heavy atom. The van der Waals surface area contributed by atoms with Crippen LogP contribution in [0, 0.1) is 0 Å². The summed E-state index contributed by atoms with van der Waals surface area (Å²) in [6, 6.07) is 8.85. The quantitative estimate of drug-likeness (QED) is 0.741. The number of benzene rings is 1. The van der Waals surface area contributed by atoms with Gasteiger partial charge < -0.3 is 15.1 Å². The second-order valence-electron chi connectivity index (χ2n) is 7.28. The Morgan fingerprint density at radius 2 is 1.79 bits per heavy atom. The number of rotatable bonds is 6. The van der Waals surface area contributed by atoms with Gasteiger partial charge in [0.05, 0.1) is 0 Å². The predicted molar refractivity (Wildman–Crippen MR) is 102 cm³/mol. The summed E-state index contributed by atoms with van der Waals surface area (Å²) in [5.41, 5.74) is 0.637. The summed E-state index contributed by atoms with van der Waals surface area (Å²) in [6.45, 7) is 1.58. The minimum atomic E-state index is -0.299. The third-order valence-corrected chi connectivity index (χ3v) is 5.22. The van der Waals surface area contributed by atoms with Gasteiger partial charge in [-0.3, -0.25) is 19.3 Å². The summed E-state index contributed by atoms with van der Waals surface area (Å²) in [6.07, 6.45) is 2.22. The van der Waals surface area contributed by atoms with Crippen LogP contribution in [0.4, 0.5) is 4.79 Å². The van der Waals surface area contributed by atoms with Gasteiger partial charge in [-0.25, -0.2) is 4.79 Å². The number of carbonyl (C=O) groups excluding carboxylic acids is 4. The van der Waals surface area contributed by atoms with Crippen molar-refractivity contribution >= 4 is 23.8 Å². The van der Waals surface area contributed by atoms with Gasteiger partial charge in [-0.15, -0.1) is 0 Å². The number of likely N-dealkylation sites (N-methyl/N-ethyl adjacent to an activating group) is 1. The summed E-state index contributed by atoms with van der Waals surface area (Å²) < 4.78 is 0. The minimum absolute atomic E-state index is 0.0280. The van der Waals surface area contributed by atoms with Gasteiger partial charge in [0.2, 0.25) is 11.8 Å². The highest BCUT2D eigenvalue weighted by atomic mass is 16.2. The van der Waals surface area contributed by atoms with E-state index in [9.17, 15) is 19.2 Å². The van der Waals surface area contributed by atoms with E-state index in [-0.39, 0.29) is 42.9 Å². The normalized spacial score (nSPS) is 18.0. The molecule has 2 aliphatic rings. The smallest absolute Gasteiger partial charge is 0.326 e. The lowest BCUT2D eigenvalue weighted by atomic mass is 10.0. The van der Waals surface area contributed by atoms with Crippen molar-refractivity contribution in [3.8, 4) is 0 Å². The van der Waals surface area contributed by atoms with Gasteiger partial charge in [0.25, 0.3) is 5.91 Å². The average Bonchev–Trinajstić information content (AvgIpc) is 2.95. The molecule has 2 heterocycles. The Bertz CT molecular complexity index is 744. The van der Waals surface area contributed by atoms with E-state index in [2.05, 4.69) is 5.32 Å². The van der Waals surface area contributed by atoms with Crippen LogP contribution >= 0.6 is 0 Å². The predicted octanol–water partition coefficient (Wildman–Crippen LogP) is 1.08. The molecule has 0 radical (unpaired) electrons. The van der Waals surface area contributed by atoms with Crippen molar-refractivity contribution in [2.45, 2.75) is 31.7 Å². The van der Waals surface area contributed by atoms with E-state index in [1.54, 1.807) is 24.1 Å². The van der Waals surface area contributed by atoms with Gasteiger partial charge in [0.1, 0.15) is 6.54 Å². The maximum atomic E-state index is 12.4. The van der Waals surface area contributed by atoms with E-state index in [4.69, 9.17) is 0 Å². The molecule has 5 amide bonds. The third kappa shape index (κ3) is 4.68. The molecule has 0 unspecified atom stereocenters. The Hall–Kier alpha value is -2.90. The van der Waals surface area contributed by atoms with E-state index < -0.39 is 0 Å². The first-order valence-corrected chi connectivity index (χ1v) is 9.65. The molecular formula is C20H26N4O4. The zero-order valence-electron chi connectivity index (χ0n) is 16.1. The molecular weight excluding hydrogens is 360 g/mol. The van der Waals surface area contributed by atoms with Gasteiger partial charge in [0, 0.05) is 44.7 Å². The maximum Gasteiger partial charge on any atom is 0.326 e. The van der Waals surface area contributed by atoms with Crippen molar-refractivity contribution in [3.63, 3.8) is 0 Å². The molecule has 0 bridgehead atoms. The number of hydrogen-bond donors (Lipinski definition) is 1. The van der Waals surface area contributed by atoms with E-state index in [1.165, 1.54) is 9.80 Å². The first-order valence-electron chi connectivity index (χ1n) is 9.65. The number of carbonyl (C=O) groups is 4. The molecule has 3 rings (SSSR count). The number of nitrogens with one attached hydrogen (secondary N) is 1. The van der Waals surface area contributed by atoms with E-state index >= 15 is 0 Å². The highest BCUT2D eigenvalue weighted by molar-refractivity contribution is 6.01. The van der Waals surface area contributed by atoms with E-state index in [0.29, 0.717) is 31.5 Å². The number of piperidine rings is 1. The lowest BCUT2D eigenvalue weighted by Crippen LogP contribution is -2.46. The second-order valence-corrected chi connectivity index (χ2v) is 7.28. The molecule has 150 valence electrons. The van der Waals surface area contributed by atoms with Crippen LogP contribution in [0.1, 0.15) is 36.0 Å². The molecule has 0 atom stereocenters. The molecule has 0 aromatic heterocycles. The Kier molecular flexibility index (Phi) is 6.28. The first kappa shape index (κ1) is 19.9. The number of nitrogens with zero attached hydrogens (tertiary/aromatic N) is 3. The molecule has 0 aliphatic carbocycles. The van der Waals surface area contributed by atoms with E-state index in [0.717, 1.165) is 12.8 Å². The Balaban J connectivity index is 1.37. The van der Waals surface area contributed by atoms with Crippen LogP contribution in [-0.4, -0.2) is 77.7 Å². The van der Waals surface area contributed by atoms with E-state index in [1.807, 2.05) is 18.2 Å². The van der Waals surface area contributed by atoms with Gasteiger partial charge in [-0.2, -0.15) is 0 Å². The van der Waals surface area contributed by atoms with Crippen molar-refractivity contribution in [3.05, 3.63) is 35.9 Å². The largest absolute Gasteiger partial charge is 0.349 e. The van der Waals surface area contributed by atoms with Crippen molar-refractivity contribution in [2.75, 3.05) is 33.2 Å². The summed E-state index contributed by atoms with van der Waals surface area (Å²) in [5, 5.41) is 3.03. The lowest BCUT2D eigenvalue weighted by molar-refractivity contribution is -0.133. The molecule has 1 aromatic rings.